The molecule has 2 rings (SSSR count). The lowest BCUT2D eigenvalue weighted by Crippen LogP contribution is -2.10. The molecule has 21 heavy (non-hydrogen) atoms. The maximum atomic E-state index is 11.2. The number of benzene rings is 1. The van der Waals surface area contributed by atoms with E-state index >= 15 is 0 Å². The van der Waals surface area contributed by atoms with Crippen molar-refractivity contribution >= 4 is 33.0 Å². The Morgan fingerprint density at radius 3 is 2.67 bits per heavy atom. The molecule has 0 amide bonds. The van der Waals surface area contributed by atoms with Crippen molar-refractivity contribution in [3.8, 4) is 0 Å². The predicted octanol–water partition coefficient (Wildman–Crippen LogP) is 2.37. The quantitative estimate of drug-likeness (QED) is 0.883. The van der Waals surface area contributed by atoms with Gasteiger partial charge in [0.1, 0.15) is 0 Å². The maximum absolute atomic E-state index is 11.2. The van der Waals surface area contributed by atoms with Crippen LogP contribution in [-0.4, -0.2) is 24.5 Å². The first kappa shape index (κ1) is 15.7. The molecule has 0 aliphatic carbocycles. The van der Waals surface area contributed by atoms with Gasteiger partial charge in [0.15, 0.2) is 0 Å². The normalized spacial score (nSPS) is 11.4. The first-order chi connectivity index (χ1) is 9.74. The van der Waals surface area contributed by atoms with Crippen molar-refractivity contribution in [2.45, 2.75) is 13.5 Å². The second-order valence-electron chi connectivity index (χ2n) is 4.84. The molecule has 0 fully saturated rings. The van der Waals surface area contributed by atoms with Crippen LogP contribution in [0.25, 0.3) is 0 Å². The van der Waals surface area contributed by atoms with E-state index in [1.54, 1.807) is 22.9 Å². The summed E-state index contributed by atoms with van der Waals surface area (Å²) in [4.78, 5) is 0. The zero-order valence-electron chi connectivity index (χ0n) is 12.0. The van der Waals surface area contributed by atoms with E-state index in [0.717, 1.165) is 17.5 Å². The van der Waals surface area contributed by atoms with Crippen LogP contribution in [0.15, 0.2) is 24.4 Å². The molecular formula is C13H17ClN4O2S. The predicted molar refractivity (Wildman–Crippen MR) is 85.2 cm³/mol. The van der Waals surface area contributed by atoms with E-state index in [-0.39, 0.29) is 0 Å². The van der Waals surface area contributed by atoms with E-state index < -0.39 is 10.0 Å². The van der Waals surface area contributed by atoms with Crippen molar-refractivity contribution in [3.05, 3.63) is 40.7 Å². The van der Waals surface area contributed by atoms with Gasteiger partial charge in [-0.25, -0.2) is 8.42 Å². The lowest BCUT2D eigenvalue weighted by atomic mass is 10.2. The minimum Gasteiger partial charge on any atom is -0.380 e. The Morgan fingerprint density at radius 1 is 1.38 bits per heavy atom. The highest BCUT2D eigenvalue weighted by molar-refractivity contribution is 7.92. The van der Waals surface area contributed by atoms with Gasteiger partial charge in [-0.15, -0.1) is 0 Å². The van der Waals surface area contributed by atoms with Gasteiger partial charge < -0.3 is 5.32 Å². The average molecular weight is 329 g/mol. The molecule has 1 heterocycles. The highest BCUT2D eigenvalue weighted by atomic mass is 35.5. The van der Waals surface area contributed by atoms with Crippen LogP contribution in [0.4, 0.5) is 11.4 Å². The number of hydrogen-bond donors (Lipinski definition) is 2. The second kappa shape index (κ2) is 5.95. The molecule has 114 valence electrons. The number of aromatic nitrogens is 2. The summed E-state index contributed by atoms with van der Waals surface area (Å²) in [6, 6.07) is 4.92. The van der Waals surface area contributed by atoms with Gasteiger partial charge in [0.05, 0.1) is 28.3 Å². The Balaban J connectivity index is 2.16. The third-order valence-corrected chi connectivity index (χ3v) is 3.79. The van der Waals surface area contributed by atoms with E-state index in [1.165, 1.54) is 0 Å². The number of nitrogens with one attached hydrogen (secondary N) is 2. The zero-order chi connectivity index (χ0) is 15.6. The lowest BCUT2D eigenvalue weighted by molar-refractivity contribution is 0.607. The van der Waals surface area contributed by atoms with Gasteiger partial charge in [0, 0.05) is 25.4 Å². The first-order valence-electron chi connectivity index (χ1n) is 6.25. The fourth-order valence-corrected chi connectivity index (χ4v) is 2.69. The van der Waals surface area contributed by atoms with Crippen molar-refractivity contribution in [1.29, 1.82) is 0 Å². The van der Waals surface area contributed by atoms with Crippen LogP contribution in [0.1, 0.15) is 11.3 Å². The number of anilines is 2. The molecule has 8 heteroatoms. The number of sulfonamides is 1. The lowest BCUT2D eigenvalue weighted by Gasteiger charge is -2.11. The Labute approximate surface area is 129 Å². The van der Waals surface area contributed by atoms with Crippen LogP contribution in [-0.2, 0) is 23.6 Å². The fraction of sp³-hybridized carbons (Fsp3) is 0.308. The number of halogens is 1. The van der Waals surface area contributed by atoms with Crippen LogP contribution < -0.4 is 10.0 Å². The molecule has 6 nitrogen and oxygen atoms in total. The fourth-order valence-electron chi connectivity index (χ4n) is 1.95. The standard InChI is InChI=1S/C13H17ClN4O2S/c1-9-10(8-18(2)16-9)7-15-13-6-11(4-5-12(13)14)17-21(3,19)20/h4-6,8,15,17H,7H2,1-3H3. The highest BCUT2D eigenvalue weighted by Gasteiger charge is 2.07. The topological polar surface area (TPSA) is 76.0 Å². The van der Waals surface area contributed by atoms with Crippen molar-refractivity contribution in [1.82, 2.24) is 9.78 Å². The summed E-state index contributed by atoms with van der Waals surface area (Å²) in [5.74, 6) is 0. The van der Waals surface area contributed by atoms with Crippen molar-refractivity contribution < 1.29 is 8.42 Å². The van der Waals surface area contributed by atoms with Gasteiger partial charge in [-0.3, -0.25) is 9.40 Å². The van der Waals surface area contributed by atoms with Gasteiger partial charge in [-0.05, 0) is 25.1 Å². The van der Waals surface area contributed by atoms with Crippen LogP contribution in [0.2, 0.25) is 5.02 Å². The molecule has 2 aromatic rings. The molecule has 0 saturated heterocycles. The third kappa shape index (κ3) is 4.37. The van der Waals surface area contributed by atoms with Crippen molar-refractivity contribution in [2.75, 3.05) is 16.3 Å². The zero-order valence-corrected chi connectivity index (χ0v) is 13.6. The molecule has 0 radical (unpaired) electrons. The van der Waals surface area contributed by atoms with E-state index in [1.807, 2.05) is 20.2 Å². The molecule has 0 aliphatic rings. The van der Waals surface area contributed by atoms with Gasteiger partial charge in [-0.1, -0.05) is 11.6 Å². The molecule has 1 aromatic carbocycles. The summed E-state index contributed by atoms with van der Waals surface area (Å²) in [5, 5.41) is 7.98. The van der Waals surface area contributed by atoms with E-state index in [9.17, 15) is 8.42 Å². The molecule has 2 N–H and O–H groups in total. The van der Waals surface area contributed by atoms with Crippen molar-refractivity contribution in [3.63, 3.8) is 0 Å². The van der Waals surface area contributed by atoms with E-state index in [2.05, 4.69) is 15.1 Å². The summed E-state index contributed by atoms with van der Waals surface area (Å²) in [6.07, 6.45) is 3.03. The summed E-state index contributed by atoms with van der Waals surface area (Å²) in [5.41, 5.74) is 3.11. The minimum absolute atomic E-state index is 0.465. The molecule has 0 bridgehead atoms. The molecule has 0 unspecified atom stereocenters. The molecule has 0 spiro atoms. The maximum Gasteiger partial charge on any atom is 0.229 e. The molecule has 0 aliphatic heterocycles. The number of aryl methyl sites for hydroxylation is 2. The van der Waals surface area contributed by atoms with Crippen LogP contribution in [0.5, 0.6) is 0 Å². The van der Waals surface area contributed by atoms with Gasteiger partial charge in [-0.2, -0.15) is 5.10 Å². The van der Waals surface area contributed by atoms with Gasteiger partial charge in [0.2, 0.25) is 10.0 Å². The smallest absolute Gasteiger partial charge is 0.229 e. The van der Waals surface area contributed by atoms with Crippen molar-refractivity contribution in [2.24, 2.45) is 7.05 Å². The molecular weight excluding hydrogens is 312 g/mol. The Bertz CT molecular complexity index is 756. The van der Waals surface area contributed by atoms with Crippen LogP contribution in [0.3, 0.4) is 0 Å². The third-order valence-electron chi connectivity index (χ3n) is 2.85. The Kier molecular flexibility index (Phi) is 4.43. The van der Waals surface area contributed by atoms with E-state index in [4.69, 9.17) is 11.6 Å². The van der Waals surface area contributed by atoms with Gasteiger partial charge in [0.25, 0.3) is 0 Å². The Hall–Kier alpha value is -1.73. The summed E-state index contributed by atoms with van der Waals surface area (Å²) >= 11 is 6.12. The summed E-state index contributed by atoms with van der Waals surface area (Å²) in [7, 11) is -1.45. The number of hydrogen-bond acceptors (Lipinski definition) is 4. The summed E-state index contributed by atoms with van der Waals surface area (Å²) < 4.78 is 26.7. The minimum atomic E-state index is -3.31. The van der Waals surface area contributed by atoms with E-state index in [0.29, 0.717) is 22.9 Å². The summed E-state index contributed by atoms with van der Waals surface area (Å²) in [6.45, 7) is 2.49. The number of rotatable bonds is 5. The molecule has 1 aromatic heterocycles. The molecule has 0 atom stereocenters. The second-order valence-corrected chi connectivity index (χ2v) is 6.99. The highest BCUT2D eigenvalue weighted by Crippen LogP contribution is 2.26. The largest absolute Gasteiger partial charge is 0.380 e. The molecule has 0 saturated carbocycles. The Morgan fingerprint density at radius 2 is 2.10 bits per heavy atom. The average Bonchev–Trinajstić information content (AvgIpc) is 2.67. The monoisotopic (exact) mass is 328 g/mol. The van der Waals surface area contributed by atoms with Crippen LogP contribution in [0, 0.1) is 6.92 Å². The van der Waals surface area contributed by atoms with Crippen LogP contribution >= 0.6 is 11.6 Å². The SMILES string of the molecule is Cc1nn(C)cc1CNc1cc(NS(C)(=O)=O)ccc1Cl. The number of nitrogens with zero attached hydrogens (tertiary/aromatic N) is 2. The first-order valence-corrected chi connectivity index (χ1v) is 8.52. The van der Waals surface area contributed by atoms with Gasteiger partial charge >= 0.3 is 0 Å².